The van der Waals surface area contributed by atoms with Crippen molar-refractivity contribution in [3.63, 3.8) is 0 Å². The van der Waals surface area contributed by atoms with Crippen LogP contribution in [0.3, 0.4) is 0 Å². The lowest BCUT2D eigenvalue weighted by molar-refractivity contribution is 0.414. The average Bonchev–Trinajstić information content (AvgIpc) is 2.81. The van der Waals surface area contributed by atoms with Crippen molar-refractivity contribution in [2.24, 2.45) is 0 Å². The fourth-order valence-electron chi connectivity index (χ4n) is 1.34. The summed E-state index contributed by atoms with van der Waals surface area (Å²) in [5.41, 5.74) is 0.597. The summed E-state index contributed by atoms with van der Waals surface area (Å²) in [6.07, 6.45) is 2.80. The molecule has 6 heteroatoms. The van der Waals surface area contributed by atoms with Crippen LogP contribution in [0, 0.1) is 0 Å². The molecule has 0 aliphatic carbocycles. The van der Waals surface area contributed by atoms with E-state index >= 15 is 0 Å². The van der Waals surface area contributed by atoms with Gasteiger partial charge in [-0.05, 0) is 18.2 Å². The maximum atomic E-state index is 10.9. The smallest absolute Gasteiger partial charge is 0.186 e. The third kappa shape index (κ3) is 1.98. The van der Waals surface area contributed by atoms with Crippen molar-refractivity contribution in [3.8, 4) is 17.1 Å². The molecule has 5 nitrogen and oxygen atoms in total. The van der Waals surface area contributed by atoms with Gasteiger partial charge >= 0.3 is 0 Å². The summed E-state index contributed by atoms with van der Waals surface area (Å²) in [7, 11) is 1.52. The molecule has 0 aliphatic rings. The fraction of sp³-hybridized carbons (Fsp3) is 0.100. The normalized spacial score (nSPS) is 12.4. The third-order valence-electron chi connectivity index (χ3n) is 2.07. The predicted molar refractivity (Wildman–Crippen MR) is 57.5 cm³/mol. The number of benzene rings is 1. The largest absolute Gasteiger partial charge is 0.496 e. The van der Waals surface area contributed by atoms with Crippen LogP contribution in [0.5, 0.6) is 5.75 Å². The highest BCUT2D eigenvalue weighted by Crippen LogP contribution is 2.31. The van der Waals surface area contributed by atoms with Gasteiger partial charge in [0.2, 0.25) is 0 Å². The van der Waals surface area contributed by atoms with Crippen LogP contribution >= 0.6 is 0 Å². The molecule has 0 radical (unpaired) electrons. The second-order valence-electron chi connectivity index (χ2n) is 2.98. The van der Waals surface area contributed by atoms with Gasteiger partial charge in [-0.15, -0.1) is 0 Å². The second kappa shape index (κ2) is 4.46. The Bertz CT molecular complexity index is 510. The van der Waals surface area contributed by atoms with Crippen LogP contribution in [0.15, 0.2) is 40.1 Å². The molecule has 0 saturated heterocycles. The van der Waals surface area contributed by atoms with Crippen molar-refractivity contribution in [2.45, 2.75) is 4.90 Å². The molecule has 1 unspecified atom stereocenters. The summed E-state index contributed by atoms with van der Waals surface area (Å²) in [4.78, 5) is 4.07. The SMILES string of the molecule is COc1ccc(S(=O)O)cc1-c1cnco1. The Kier molecular flexibility index (Phi) is 3.02. The van der Waals surface area contributed by atoms with E-state index in [2.05, 4.69) is 4.98 Å². The second-order valence-corrected chi connectivity index (χ2v) is 3.95. The van der Waals surface area contributed by atoms with Gasteiger partial charge in [0.1, 0.15) is 5.75 Å². The first-order chi connectivity index (χ1) is 7.72. The summed E-state index contributed by atoms with van der Waals surface area (Å²) >= 11 is -2.03. The highest BCUT2D eigenvalue weighted by molar-refractivity contribution is 7.79. The highest BCUT2D eigenvalue weighted by Gasteiger charge is 2.11. The summed E-state index contributed by atoms with van der Waals surface area (Å²) in [5.74, 6) is 1.05. The van der Waals surface area contributed by atoms with E-state index in [9.17, 15) is 4.21 Å². The molecule has 1 aromatic carbocycles. The lowest BCUT2D eigenvalue weighted by Gasteiger charge is -2.06. The molecule has 2 aromatic rings. The molecule has 1 heterocycles. The van der Waals surface area contributed by atoms with Crippen molar-refractivity contribution in [3.05, 3.63) is 30.8 Å². The lowest BCUT2D eigenvalue weighted by Crippen LogP contribution is -1.92. The Morgan fingerprint density at radius 2 is 2.31 bits per heavy atom. The molecule has 0 bridgehead atoms. The van der Waals surface area contributed by atoms with E-state index in [1.165, 1.54) is 31.8 Å². The number of hydrogen-bond acceptors (Lipinski definition) is 4. The third-order valence-corrected chi connectivity index (χ3v) is 2.73. The van der Waals surface area contributed by atoms with Gasteiger partial charge in [-0.25, -0.2) is 9.19 Å². The van der Waals surface area contributed by atoms with Gasteiger partial charge in [-0.3, -0.25) is 0 Å². The van der Waals surface area contributed by atoms with Crippen LogP contribution in [0.25, 0.3) is 11.3 Å². The molecular formula is C10H9NO4S. The molecule has 1 atom stereocenters. The Hall–Kier alpha value is -1.66. The van der Waals surface area contributed by atoms with Crippen LogP contribution in [0.2, 0.25) is 0 Å². The molecule has 2 rings (SSSR count). The summed E-state index contributed by atoms with van der Waals surface area (Å²) in [6, 6.07) is 4.67. The van der Waals surface area contributed by atoms with Crippen molar-refractivity contribution >= 4 is 11.1 Å². The number of rotatable bonds is 3. The van der Waals surface area contributed by atoms with Gasteiger partial charge in [0.15, 0.2) is 23.2 Å². The minimum absolute atomic E-state index is 0.284. The van der Waals surface area contributed by atoms with Gasteiger partial charge in [-0.2, -0.15) is 0 Å². The molecule has 0 fully saturated rings. The zero-order valence-electron chi connectivity index (χ0n) is 8.41. The van der Waals surface area contributed by atoms with E-state index in [-0.39, 0.29) is 4.90 Å². The van der Waals surface area contributed by atoms with Crippen molar-refractivity contribution in [1.82, 2.24) is 4.98 Å². The van der Waals surface area contributed by atoms with E-state index in [1.54, 1.807) is 6.07 Å². The van der Waals surface area contributed by atoms with E-state index in [0.717, 1.165) is 0 Å². The molecule has 0 saturated carbocycles. The quantitative estimate of drug-likeness (QED) is 0.828. The number of ether oxygens (including phenoxy) is 1. The van der Waals surface area contributed by atoms with Crippen molar-refractivity contribution in [2.75, 3.05) is 7.11 Å². The van der Waals surface area contributed by atoms with Crippen LogP contribution < -0.4 is 4.74 Å². The Labute approximate surface area is 94.4 Å². The number of aromatic nitrogens is 1. The maximum Gasteiger partial charge on any atom is 0.186 e. The van der Waals surface area contributed by atoms with Crippen LogP contribution in [-0.2, 0) is 11.1 Å². The van der Waals surface area contributed by atoms with Crippen LogP contribution in [-0.4, -0.2) is 20.9 Å². The molecule has 16 heavy (non-hydrogen) atoms. The standard InChI is InChI=1S/C10H9NO4S/c1-14-9-3-2-7(16(12)13)4-8(9)10-5-11-6-15-10/h2-6H,1H3,(H,12,13). The Balaban J connectivity index is 2.56. The number of oxazole rings is 1. The van der Waals surface area contributed by atoms with E-state index in [4.69, 9.17) is 13.7 Å². The fourth-order valence-corrected chi connectivity index (χ4v) is 1.74. The first-order valence-electron chi connectivity index (χ1n) is 4.40. The zero-order valence-corrected chi connectivity index (χ0v) is 9.23. The van der Waals surface area contributed by atoms with E-state index in [1.807, 2.05) is 0 Å². The van der Waals surface area contributed by atoms with Gasteiger partial charge in [0.05, 0.1) is 23.8 Å². The summed E-state index contributed by atoms with van der Waals surface area (Å²) in [5, 5.41) is 0. The summed E-state index contributed by atoms with van der Waals surface area (Å²) < 4.78 is 30.2. The number of hydrogen-bond donors (Lipinski definition) is 1. The molecule has 84 valence electrons. The topological polar surface area (TPSA) is 72.6 Å². The van der Waals surface area contributed by atoms with Gasteiger partial charge in [0.25, 0.3) is 0 Å². The molecule has 0 aliphatic heterocycles. The monoisotopic (exact) mass is 239 g/mol. The van der Waals surface area contributed by atoms with Gasteiger partial charge in [0, 0.05) is 0 Å². The first kappa shape index (κ1) is 10.8. The minimum atomic E-state index is -2.03. The van der Waals surface area contributed by atoms with Crippen molar-refractivity contribution in [1.29, 1.82) is 0 Å². The lowest BCUT2D eigenvalue weighted by atomic mass is 10.1. The molecule has 1 aromatic heterocycles. The van der Waals surface area contributed by atoms with E-state index in [0.29, 0.717) is 17.1 Å². The van der Waals surface area contributed by atoms with Crippen LogP contribution in [0.1, 0.15) is 0 Å². The maximum absolute atomic E-state index is 10.9. The Morgan fingerprint density at radius 3 is 2.88 bits per heavy atom. The Morgan fingerprint density at radius 1 is 1.50 bits per heavy atom. The average molecular weight is 239 g/mol. The highest BCUT2D eigenvalue weighted by atomic mass is 32.2. The van der Waals surface area contributed by atoms with Crippen molar-refractivity contribution < 1.29 is 17.9 Å². The molecular weight excluding hydrogens is 230 g/mol. The van der Waals surface area contributed by atoms with Gasteiger partial charge in [-0.1, -0.05) is 0 Å². The summed E-state index contributed by atoms with van der Waals surface area (Å²) in [6.45, 7) is 0. The first-order valence-corrected chi connectivity index (χ1v) is 5.51. The number of nitrogens with zero attached hydrogens (tertiary/aromatic N) is 1. The van der Waals surface area contributed by atoms with Gasteiger partial charge < -0.3 is 13.7 Å². The van der Waals surface area contributed by atoms with E-state index < -0.39 is 11.1 Å². The molecule has 1 N–H and O–H groups in total. The molecule has 0 amide bonds. The zero-order chi connectivity index (χ0) is 11.5. The van der Waals surface area contributed by atoms with Crippen LogP contribution in [0.4, 0.5) is 0 Å². The molecule has 0 spiro atoms. The predicted octanol–water partition coefficient (Wildman–Crippen LogP) is 1.93. The number of methoxy groups -OCH3 is 1. The minimum Gasteiger partial charge on any atom is -0.496 e.